The maximum atomic E-state index is 15.0. The Morgan fingerprint density at radius 3 is 2.56 bits per heavy atom. The zero-order chi connectivity index (χ0) is 50.5. The van der Waals surface area contributed by atoms with E-state index in [2.05, 4.69) is 107 Å². The number of imidazole rings is 1. The molecule has 4 aromatic heterocycles. The molecular weight excluding hydrogens is 1020 g/mol. The lowest BCUT2D eigenvalue weighted by Gasteiger charge is -2.43. The number of carbonyl (C=O) groups excluding carboxylic acids is 1. The first-order valence-corrected chi connectivity index (χ1v) is 25.8. The number of nitrogens with zero attached hydrogens (tertiary/aromatic N) is 15. The number of ether oxygens (including phenoxy) is 1. The topological polar surface area (TPSA) is 170 Å². The molecule has 1 amide bonds. The summed E-state index contributed by atoms with van der Waals surface area (Å²) < 4.78 is 38.1. The van der Waals surface area contributed by atoms with Gasteiger partial charge >= 0.3 is 6.01 Å². The molecule has 0 unspecified atom stereocenters. The van der Waals surface area contributed by atoms with Gasteiger partial charge < -0.3 is 44.0 Å². The molecule has 11 rings (SSSR count). The van der Waals surface area contributed by atoms with Gasteiger partial charge in [0, 0.05) is 80.6 Å². The van der Waals surface area contributed by atoms with E-state index in [-0.39, 0.29) is 49.1 Å². The largest absolute Gasteiger partial charge is 0.462 e. The van der Waals surface area contributed by atoms with Crippen LogP contribution in [0.15, 0.2) is 71.4 Å². The van der Waals surface area contributed by atoms with Crippen LogP contribution >= 0.6 is 27.5 Å². The van der Waals surface area contributed by atoms with Crippen LogP contribution in [0.25, 0.3) is 27.5 Å². The van der Waals surface area contributed by atoms with Crippen molar-refractivity contribution in [2.24, 2.45) is 0 Å². The summed E-state index contributed by atoms with van der Waals surface area (Å²) in [5.41, 5.74) is 3.77. The highest BCUT2D eigenvalue weighted by Gasteiger charge is 2.36. The molecular formula is C51H54BrClF2N16O2. The van der Waals surface area contributed by atoms with Gasteiger partial charge in [-0.3, -0.25) is 4.79 Å². The van der Waals surface area contributed by atoms with Crippen LogP contribution in [0.5, 0.6) is 6.01 Å². The number of hydrogen-bond acceptors (Lipinski definition) is 15. The number of aromatic amines is 1. The van der Waals surface area contributed by atoms with Crippen molar-refractivity contribution >= 4 is 84.3 Å². The van der Waals surface area contributed by atoms with Gasteiger partial charge in [-0.05, 0) is 85.5 Å². The molecule has 7 aromatic rings. The third-order valence-electron chi connectivity index (χ3n) is 14.6. The third-order valence-corrected chi connectivity index (χ3v) is 15.5. The number of carbonyl (C=O) groups is 1. The van der Waals surface area contributed by atoms with Crippen LogP contribution in [0, 0.1) is 23.0 Å². The van der Waals surface area contributed by atoms with E-state index in [0.29, 0.717) is 96.7 Å². The van der Waals surface area contributed by atoms with Crippen LogP contribution in [0.4, 0.5) is 32.2 Å². The summed E-state index contributed by atoms with van der Waals surface area (Å²) in [5.74, 6) is -0.580. The van der Waals surface area contributed by atoms with Crippen LogP contribution in [-0.2, 0) is 24.3 Å². The Hall–Kier alpha value is -6.73. The number of fused-ring (bicyclic) bond motifs is 4. The Morgan fingerprint density at radius 2 is 1.77 bits per heavy atom. The average Bonchev–Trinajstić information content (AvgIpc) is 4.13. The number of piperazine rings is 2. The van der Waals surface area contributed by atoms with Crippen LogP contribution in [-0.4, -0.2) is 158 Å². The summed E-state index contributed by atoms with van der Waals surface area (Å²) in [6.07, 6.45) is 4.47. The molecule has 0 spiro atoms. The van der Waals surface area contributed by atoms with Crippen molar-refractivity contribution in [3.8, 4) is 12.1 Å². The van der Waals surface area contributed by atoms with Gasteiger partial charge in [0.15, 0.2) is 17.3 Å². The maximum absolute atomic E-state index is 15.0. The normalized spacial score (nSPS) is 18.8. The number of rotatable bonds is 13. The molecule has 0 saturated carbocycles. The molecule has 4 aliphatic heterocycles. The number of nitriles is 1. The van der Waals surface area contributed by atoms with Crippen molar-refractivity contribution in [2.75, 3.05) is 106 Å². The third kappa shape index (κ3) is 9.57. The number of aromatic nitrogens is 8. The highest BCUT2D eigenvalue weighted by Crippen LogP contribution is 2.38. The molecule has 4 aliphatic rings. The molecule has 3 aromatic carbocycles. The molecule has 3 fully saturated rings. The van der Waals surface area contributed by atoms with E-state index in [1.165, 1.54) is 6.07 Å². The second-order valence-electron chi connectivity index (χ2n) is 19.3. The number of amides is 1. The average molecular weight is 1080 g/mol. The summed E-state index contributed by atoms with van der Waals surface area (Å²) in [6.45, 7) is 11.0. The van der Waals surface area contributed by atoms with Crippen LogP contribution in [0.2, 0.25) is 5.02 Å². The first-order valence-electron chi connectivity index (χ1n) is 24.6. The summed E-state index contributed by atoms with van der Waals surface area (Å²) in [5, 5.41) is 17.6. The summed E-state index contributed by atoms with van der Waals surface area (Å²) in [7, 11) is 4.18. The van der Waals surface area contributed by atoms with Gasteiger partial charge in [0.1, 0.15) is 23.8 Å². The number of halogens is 4. The van der Waals surface area contributed by atoms with E-state index in [1.54, 1.807) is 20.5 Å². The SMILES string of the molecule is C=C(CN(Cc1nc2c(F)c(F)ccc2[nH]1)c1nc(N2CCN(C)CC2)nc2c(Br)cnn12)C(=O)N1CCN(c2nc(OC[C@@H]3CCCN3C)nc3c2CCN(c2cccc4cccc(Cl)c24)C3)C[C@@H]1CC#N. The standard InChI is InChI=1S/C51H54BrClF2N16O2/c1-31(26-69(29-42-58-39-13-12-38(54)44(55)45(39)60-42)51-63-49(66-21-19-64(2)20-22-66)61-47-36(52)25-57-71(47)51)48(72)70-24-23-68(27-33(70)14-16-56)46-35-15-18-67(41-11-5-8-32-7-4-10-37(53)43(32)41)28-40(35)59-50(62-46)73-30-34-9-6-17-65(34)3/h4-5,7-8,10-13,25,33-34H,1,6,9,14-15,17-24,26-30H2,2-3H3,(H,58,60)/t33-,34-/m0/s1. The van der Waals surface area contributed by atoms with E-state index < -0.39 is 17.7 Å². The van der Waals surface area contributed by atoms with Crippen LogP contribution < -0.4 is 24.3 Å². The zero-order valence-corrected chi connectivity index (χ0v) is 43.0. The van der Waals surface area contributed by atoms with Crippen molar-refractivity contribution in [2.45, 2.75) is 50.9 Å². The number of likely N-dealkylation sites (N-methyl/N-ethyl adjacent to an activating group) is 2. The minimum atomic E-state index is -1.07. The molecule has 73 heavy (non-hydrogen) atoms. The summed E-state index contributed by atoms with van der Waals surface area (Å²) >= 11 is 10.4. The molecule has 8 heterocycles. The highest BCUT2D eigenvalue weighted by molar-refractivity contribution is 9.10. The van der Waals surface area contributed by atoms with Gasteiger partial charge in [-0.15, -0.1) is 0 Å². The van der Waals surface area contributed by atoms with Crippen molar-refractivity contribution in [3.05, 3.63) is 105 Å². The summed E-state index contributed by atoms with van der Waals surface area (Å²) in [4.78, 5) is 57.2. The monoisotopic (exact) mass is 1070 g/mol. The fourth-order valence-corrected chi connectivity index (χ4v) is 11.2. The number of benzene rings is 3. The van der Waals surface area contributed by atoms with Gasteiger partial charge in [-0.2, -0.15) is 34.8 Å². The van der Waals surface area contributed by atoms with E-state index in [1.807, 2.05) is 12.1 Å². The smallest absolute Gasteiger partial charge is 0.318 e. The molecule has 0 bridgehead atoms. The maximum Gasteiger partial charge on any atom is 0.318 e. The molecule has 2 atom stereocenters. The number of hydrogen-bond donors (Lipinski definition) is 1. The van der Waals surface area contributed by atoms with Gasteiger partial charge in [0.2, 0.25) is 11.9 Å². The Balaban J connectivity index is 0.887. The van der Waals surface area contributed by atoms with E-state index in [9.17, 15) is 14.4 Å². The molecule has 18 nitrogen and oxygen atoms in total. The molecule has 378 valence electrons. The fraction of sp³-hybridized carbons (Fsp3) is 0.412. The minimum absolute atomic E-state index is 0.0194. The van der Waals surface area contributed by atoms with Crippen molar-refractivity contribution < 1.29 is 18.3 Å². The van der Waals surface area contributed by atoms with E-state index >= 15 is 4.39 Å². The Bertz CT molecular complexity index is 3300. The van der Waals surface area contributed by atoms with E-state index in [0.717, 1.165) is 72.1 Å². The molecule has 3 saturated heterocycles. The number of likely N-dealkylation sites (tertiary alicyclic amines) is 1. The van der Waals surface area contributed by atoms with Crippen LogP contribution in [0.1, 0.15) is 36.3 Å². The Morgan fingerprint density at radius 1 is 0.959 bits per heavy atom. The Labute approximate surface area is 433 Å². The lowest BCUT2D eigenvalue weighted by atomic mass is 10.0. The quantitative estimate of drug-likeness (QED) is 0.122. The highest BCUT2D eigenvalue weighted by atomic mass is 79.9. The zero-order valence-electron chi connectivity index (χ0n) is 40.6. The fourth-order valence-electron chi connectivity index (χ4n) is 10.6. The van der Waals surface area contributed by atoms with E-state index in [4.69, 9.17) is 36.3 Å². The molecule has 1 N–H and O–H groups in total. The number of anilines is 4. The number of nitrogens with one attached hydrogen (secondary N) is 1. The number of H-pyrrole nitrogens is 1. The molecule has 0 radical (unpaired) electrons. The first-order chi connectivity index (χ1) is 35.4. The lowest BCUT2D eigenvalue weighted by molar-refractivity contribution is -0.129. The lowest BCUT2D eigenvalue weighted by Crippen LogP contribution is -2.56. The Kier molecular flexibility index (Phi) is 13.5. The predicted octanol–water partition coefficient (Wildman–Crippen LogP) is 6.62. The minimum Gasteiger partial charge on any atom is -0.462 e. The van der Waals surface area contributed by atoms with Gasteiger partial charge in [0.05, 0.1) is 65.1 Å². The second-order valence-corrected chi connectivity index (χ2v) is 20.6. The molecule has 0 aliphatic carbocycles. The van der Waals surface area contributed by atoms with Gasteiger partial charge in [0.25, 0.3) is 5.91 Å². The van der Waals surface area contributed by atoms with Gasteiger partial charge in [-0.25, -0.2) is 13.8 Å². The molecule has 22 heteroatoms. The van der Waals surface area contributed by atoms with Gasteiger partial charge in [-0.1, -0.05) is 42.4 Å². The summed E-state index contributed by atoms with van der Waals surface area (Å²) in [6, 6.07) is 17.0. The van der Waals surface area contributed by atoms with Crippen molar-refractivity contribution in [1.82, 2.24) is 54.2 Å². The van der Waals surface area contributed by atoms with Crippen LogP contribution in [0.3, 0.4) is 0 Å². The second kappa shape index (κ2) is 20.3. The predicted molar refractivity (Wildman–Crippen MR) is 279 cm³/mol. The van der Waals surface area contributed by atoms with Crippen molar-refractivity contribution in [3.63, 3.8) is 0 Å². The van der Waals surface area contributed by atoms with Crippen molar-refractivity contribution in [1.29, 1.82) is 5.26 Å². The first kappa shape index (κ1) is 48.5.